The van der Waals surface area contributed by atoms with Crippen LogP contribution in [0.1, 0.15) is 13.3 Å². The van der Waals surface area contributed by atoms with Crippen LogP contribution in [0.2, 0.25) is 0 Å². The van der Waals surface area contributed by atoms with Gasteiger partial charge in [-0.25, -0.2) is 0 Å². The largest absolute Gasteiger partial charge is 0.492 e. The van der Waals surface area contributed by atoms with E-state index >= 15 is 0 Å². The fraction of sp³-hybridized carbons (Fsp3) is 0.571. The molecule has 2 unspecified atom stereocenters. The van der Waals surface area contributed by atoms with Crippen LogP contribution >= 0.6 is 0 Å². The summed E-state index contributed by atoms with van der Waals surface area (Å²) in [4.78, 5) is 2.25. The molecule has 4 nitrogen and oxygen atoms in total. The Bertz CT molecular complexity index is 367. The summed E-state index contributed by atoms with van der Waals surface area (Å²) in [6.45, 7) is 5.40. The maximum absolute atomic E-state index is 9.80. The number of rotatable bonds is 4. The average Bonchev–Trinajstić information content (AvgIpc) is 2.36. The van der Waals surface area contributed by atoms with Gasteiger partial charge in [0.25, 0.3) is 0 Å². The summed E-state index contributed by atoms with van der Waals surface area (Å²) in [7, 11) is 0. The molecule has 0 aliphatic carbocycles. The molecule has 1 heterocycles. The number of piperidine rings is 1. The number of likely N-dealkylation sites (tertiary alicyclic amines) is 1. The third kappa shape index (κ3) is 3.62. The fourth-order valence-corrected chi connectivity index (χ4v) is 2.17. The molecule has 0 saturated carbocycles. The van der Waals surface area contributed by atoms with Crippen molar-refractivity contribution in [3.05, 3.63) is 24.3 Å². The maximum Gasteiger partial charge on any atom is 0.119 e. The van der Waals surface area contributed by atoms with Crippen LogP contribution < -0.4 is 10.5 Å². The van der Waals surface area contributed by atoms with Crippen molar-refractivity contribution in [1.29, 1.82) is 0 Å². The molecular formula is C14H22N2O2. The number of hydrogen-bond acceptors (Lipinski definition) is 4. The Kier molecular flexibility index (Phi) is 4.44. The predicted molar refractivity (Wildman–Crippen MR) is 72.6 cm³/mol. The number of nitrogens with zero attached hydrogens (tertiary/aromatic N) is 1. The molecular weight excluding hydrogens is 228 g/mol. The summed E-state index contributed by atoms with van der Waals surface area (Å²) >= 11 is 0. The van der Waals surface area contributed by atoms with Crippen molar-refractivity contribution in [2.24, 2.45) is 5.92 Å². The molecule has 1 saturated heterocycles. The van der Waals surface area contributed by atoms with Gasteiger partial charge in [-0.15, -0.1) is 0 Å². The summed E-state index contributed by atoms with van der Waals surface area (Å²) in [5.74, 6) is 1.26. The molecule has 2 atom stereocenters. The van der Waals surface area contributed by atoms with Crippen LogP contribution in [0.15, 0.2) is 24.3 Å². The van der Waals surface area contributed by atoms with Gasteiger partial charge in [0.2, 0.25) is 0 Å². The van der Waals surface area contributed by atoms with Crippen LogP contribution in [-0.2, 0) is 0 Å². The van der Waals surface area contributed by atoms with E-state index < -0.39 is 0 Å². The fourth-order valence-electron chi connectivity index (χ4n) is 2.17. The second-order valence-corrected chi connectivity index (χ2v) is 5.05. The average molecular weight is 250 g/mol. The molecule has 18 heavy (non-hydrogen) atoms. The molecule has 0 amide bonds. The second-order valence-electron chi connectivity index (χ2n) is 5.05. The number of nitrogens with two attached hydrogens (primary N) is 1. The summed E-state index contributed by atoms with van der Waals surface area (Å²) in [5.41, 5.74) is 6.35. The third-order valence-corrected chi connectivity index (χ3v) is 3.56. The zero-order valence-corrected chi connectivity index (χ0v) is 10.9. The van der Waals surface area contributed by atoms with Gasteiger partial charge in [-0.1, -0.05) is 6.92 Å². The predicted octanol–water partition coefficient (Wildman–Crippen LogP) is 1.35. The van der Waals surface area contributed by atoms with E-state index in [9.17, 15) is 5.11 Å². The number of aliphatic hydroxyl groups excluding tert-OH is 1. The number of ether oxygens (including phenoxy) is 1. The zero-order chi connectivity index (χ0) is 13.0. The van der Waals surface area contributed by atoms with Crippen molar-refractivity contribution in [2.45, 2.75) is 19.4 Å². The van der Waals surface area contributed by atoms with Gasteiger partial charge in [0.1, 0.15) is 12.4 Å². The van der Waals surface area contributed by atoms with Crippen LogP contribution in [-0.4, -0.2) is 42.4 Å². The highest BCUT2D eigenvalue weighted by Crippen LogP contribution is 2.17. The van der Waals surface area contributed by atoms with Gasteiger partial charge in [-0.05, 0) is 43.1 Å². The summed E-state index contributed by atoms with van der Waals surface area (Å²) in [6, 6.07) is 7.42. The minimum Gasteiger partial charge on any atom is -0.492 e. The SMILES string of the molecule is CC1CCN(CCOc2ccc(N)cc2)CC1O. The highest BCUT2D eigenvalue weighted by atomic mass is 16.5. The Labute approximate surface area is 108 Å². The van der Waals surface area contributed by atoms with E-state index in [-0.39, 0.29) is 6.10 Å². The third-order valence-electron chi connectivity index (χ3n) is 3.56. The minimum absolute atomic E-state index is 0.199. The second kappa shape index (κ2) is 6.07. The van der Waals surface area contributed by atoms with E-state index in [0.29, 0.717) is 12.5 Å². The Morgan fingerprint density at radius 3 is 2.78 bits per heavy atom. The number of anilines is 1. The molecule has 0 aromatic heterocycles. The van der Waals surface area contributed by atoms with E-state index in [1.54, 1.807) is 0 Å². The summed E-state index contributed by atoms with van der Waals surface area (Å²) < 4.78 is 5.65. The summed E-state index contributed by atoms with van der Waals surface area (Å²) in [6.07, 6.45) is 0.860. The molecule has 2 rings (SSSR count). The lowest BCUT2D eigenvalue weighted by Crippen LogP contribution is -2.44. The van der Waals surface area contributed by atoms with Gasteiger partial charge >= 0.3 is 0 Å². The lowest BCUT2D eigenvalue weighted by molar-refractivity contribution is 0.0244. The summed E-state index contributed by atoms with van der Waals surface area (Å²) in [5, 5.41) is 9.80. The van der Waals surface area contributed by atoms with Crippen LogP contribution in [0.25, 0.3) is 0 Å². The first kappa shape index (κ1) is 13.2. The number of benzene rings is 1. The molecule has 3 N–H and O–H groups in total. The first-order valence-corrected chi connectivity index (χ1v) is 6.54. The molecule has 100 valence electrons. The van der Waals surface area contributed by atoms with Crippen LogP contribution in [0, 0.1) is 5.92 Å². The first-order chi connectivity index (χ1) is 8.65. The maximum atomic E-state index is 9.80. The molecule has 1 aromatic carbocycles. The minimum atomic E-state index is -0.199. The lowest BCUT2D eigenvalue weighted by atomic mass is 9.96. The number of aliphatic hydroxyl groups is 1. The molecule has 0 spiro atoms. The molecule has 0 bridgehead atoms. The topological polar surface area (TPSA) is 58.7 Å². The number of hydrogen-bond donors (Lipinski definition) is 2. The Morgan fingerprint density at radius 1 is 1.39 bits per heavy atom. The van der Waals surface area contributed by atoms with Crippen LogP contribution in [0.3, 0.4) is 0 Å². The molecule has 1 aliphatic rings. The molecule has 1 aliphatic heterocycles. The highest BCUT2D eigenvalue weighted by Gasteiger charge is 2.23. The first-order valence-electron chi connectivity index (χ1n) is 6.54. The van der Waals surface area contributed by atoms with Gasteiger partial charge in [0, 0.05) is 18.8 Å². The standard InChI is InChI=1S/C14H22N2O2/c1-11-6-7-16(10-14(11)17)8-9-18-13-4-2-12(15)3-5-13/h2-5,11,14,17H,6-10,15H2,1H3. The van der Waals surface area contributed by atoms with Gasteiger partial charge in [0.05, 0.1) is 6.10 Å². The van der Waals surface area contributed by atoms with Crippen LogP contribution in [0.4, 0.5) is 5.69 Å². The van der Waals surface area contributed by atoms with Crippen molar-refractivity contribution in [3.63, 3.8) is 0 Å². The lowest BCUT2D eigenvalue weighted by Gasteiger charge is -2.34. The quantitative estimate of drug-likeness (QED) is 0.792. The molecule has 1 fully saturated rings. The van der Waals surface area contributed by atoms with Gasteiger partial charge < -0.3 is 15.6 Å². The van der Waals surface area contributed by atoms with Gasteiger partial charge in [-0.2, -0.15) is 0 Å². The monoisotopic (exact) mass is 250 g/mol. The van der Waals surface area contributed by atoms with Crippen LogP contribution in [0.5, 0.6) is 5.75 Å². The van der Waals surface area contributed by atoms with E-state index in [4.69, 9.17) is 10.5 Å². The number of nitrogen functional groups attached to an aromatic ring is 1. The number of β-amino-alcohol motifs (C(OH)–C–C–N with tert-alkyl or cyclic N) is 1. The van der Waals surface area contributed by atoms with E-state index in [1.165, 1.54) is 0 Å². The van der Waals surface area contributed by atoms with Crippen molar-refractivity contribution >= 4 is 5.69 Å². The van der Waals surface area contributed by atoms with Gasteiger partial charge in [0.15, 0.2) is 0 Å². The van der Waals surface area contributed by atoms with E-state index in [2.05, 4.69) is 11.8 Å². The molecule has 1 aromatic rings. The van der Waals surface area contributed by atoms with E-state index in [0.717, 1.165) is 37.5 Å². The molecule has 0 radical (unpaired) electrons. The Morgan fingerprint density at radius 2 is 2.11 bits per heavy atom. The normalized spacial score (nSPS) is 25.0. The zero-order valence-electron chi connectivity index (χ0n) is 10.9. The van der Waals surface area contributed by atoms with Gasteiger partial charge in [-0.3, -0.25) is 4.90 Å². The Hall–Kier alpha value is -1.26. The van der Waals surface area contributed by atoms with Crippen molar-refractivity contribution in [3.8, 4) is 5.75 Å². The smallest absolute Gasteiger partial charge is 0.119 e. The van der Waals surface area contributed by atoms with E-state index in [1.807, 2.05) is 24.3 Å². The van der Waals surface area contributed by atoms with Crippen molar-refractivity contribution in [1.82, 2.24) is 4.90 Å². The highest BCUT2D eigenvalue weighted by molar-refractivity contribution is 5.41. The Balaban J connectivity index is 1.71. The van der Waals surface area contributed by atoms with Crippen molar-refractivity contribution in [2.75, 3.05) is 32.0 Å². The molecule has 4 heteroatoms. The van der Waals surface area contributed by atoms with Crippen molar-refractivity contribution < 1.29 is 9.84 Å².